The van der Waals surface area contributed by atoms with Gasteiger partial charge in [0.25, 0.3) is 5.56 Å². The summed E-state index contributed by atoms with van der Waals surface area (Å²) in [7, 11) is 4.08. The van der Waals surface area contributed by atoms with E-state index < -0.39 is 0 Å². The van der Waals surface area contributed by atoms with Gasteiger partial charge in [0.05, 0.1) is 0 Å². The van der Waals surface area contributed by atoms with Crippen molar-refractivity contribution in [2.24, 2.45) is 0 Å². The van der Waals surface area contributed by atoms with Gasteiger partial charge < -0.3 is 14.8 Å². The minimum Gasteiger partial charge on any atom is -0.311 e. The van der Waals surface area contributed by atoms with Crippen molar-refractivity contribution in [3.05, 3.63) is 63.8 Å². The fraction of sp³-hybridized carbons (Fsp3) is 0.474. The smallest absolute Gasteiger partial charge is 0.250 e. The minimum atomic E-state index is 0.123. The van der Waals surface area contributed by atoms with Crippen LogP contribution in [0.2, 0.25) is 0 Å². The molecule has 128 valence electrons. The zero-order chi connectivity index (χ0) is 16.9. The van der Waals surface area contributed by atoms with Gasteiger partial charge in [-0.1, -0.05) is 12.1 Å². The molecule has 0 saturated carbocycles. The number of aromatic nitrogens is 2. The Morgan fingerprint density at radius 2 is 2.21 bits per heavy atom. The summed E-state index contributed by atoms with van der Waals surface area (Å²) < 4.78 is 1.96. The number of fused-ring (bicyclic) bond motifs is 1. The molecular formula is C19H26N4O. The highest BCUT2D eigenvalue weighted by Gasteiger charge is 2.21. The second kappa shape index (κ2) is 7.73. The van der Waals surface area contributed by atoms with Crippen molar-refractivity contribution in [3.63, 3.8) is 0 Å². The van der Waals surface area contributed by atoms with E-state index in [1.807, 2.05) is 37.0 Å². The SMILES string of the molecule is CN(C)CCn1c2c(ccc1=O)C[C@@H](NCc1cccnc1)CC2. The molecule has 2 heterocycles. The summed E-state index contributed by atoms with van der Waals surface area (Å²) in [4.78, 5) is 18.5. The third-order valence-corrected chi connectivity index (χ3v) is 4.67. The Balaban J connectivity index is 1.67. The molecule has 1 aliphatic carbocycles. The van der Waals surface area contributed by atoms with Crippen molar-refractivity contribution in [1.29, 1.82) is 0 Å². The van der Waals surface area contributed by atoms with Gasteiger partial charge in [0.1, 0.15) is 0 Å². The topological polar surface area (TPSA) is 50.2 Å². The molecule has 1 aliphatic rings. The zero-order valence-corrected chi connectivity index (χ0v) is 14.5. The predicted octanol–water partition coefficient (Wildman–Crippen LogP) is 1.45. The number of rotatable bonds is 6. The number of pyridine rings is 2. The highest BCUT2D eigenvalue weighted by atomic mass is 16.1. The molecule has 2 aromatic heterocycles. The molecule has 0 radical (unpaired) electrons. The van der Waals surface area contributed by atoms with E-state index in [9.17, 15) is 4.79 Å². The second-order valence-corrected chi connectivity index (χ2v) is 6.78. The summed E-state index contributed by atoms with van der Waals surface area (Å²) in [6, 6.07) is 8.25. The monoisotopic (exact) mass is 326 g/mol. The maximum atomic E-state index is 12.2. The van der Waals surface area contributed by atoms with Gasteiger partial charge in [0, 0.05) is 49.8 Å². The number of nitrogens with one attached hydrogen (secondary N) is 1. The Morgan fingerprint density at radius 1 is 1.33 bits per heavy atom. The fourth-order valence-corrected chi connectivity index (χ4v) is 3.31. The van der Waals surface area contributed by atoms with Gasteiger partial charge in [-0.15, -0.1) is 0 Å². The molecular weight excluding hydrogens is 300 g/mol. The Kier molecular flexibility index (Phi) is 5.43. The Labute approximate surface area is 143 Å². The second-order valence-electron chi connectivity index (χ2n) is 6.78. The summed E-state index contributed by atoms with van der Waals surface area (Å²) in [6.45, 7) is 2.50. The molecule has 5 heteroatoms. The van der Waals surface area contributed by atoms with Crippen LogP contribution in [0.1, 0.15) is 23.2 Å². The summed E-state index contributed by atoms with van der Waals surface area (Å²) in [5.74, 6) is 0. The summed E-state index contributed by atoms with van der Waals surface area (Å²) in [5, 5.41) is 3.63. The maximum Gasteiger partial charge on any atom is 0.250 e. The van der Waals surface area contributed by atoms with Crippen molar-refractivity contribution < 1.29 is 0 Å². The van der Waals surface area contributed by atoms with Crippen LogP contribution in [0.3, 0.4) is 0 Å². The van der Waals surface area contributed by atoms with Gasteiger partial charge in [-0.3, -0.25) is 9.78 Å². The van der Waals surface area contributed by atoms with E-state index in [1.165, 1.54) is 16.8 Å². The average molecular weight is 326 g/mol. The molecule has 3 rings (SSSR count). The van der Waals surface area contributed by atoms with E-state index in [2.05, 4.69) is 21.3 Å². The normalized spacial score (nSPS) is 17.0. The lowest BCUT2D eigenvalue weighted by atomic mass is 9.91. The first kappa shape index (κ1) is 16.9. The van der Waals surface area contributed by atoms with Crippen molar-refractivity contribution >= 4 is 0 Å². The summed E-state index contributed by atoms with van der Waals surface area (Å²) in [6.07, 6.45) is 6.72. The van der Waals surface area contributed by atoms with Gasteiger partial charge in [0.15, 0.2) is 0 Å². The molecule has 0 unspecified atom stereocenters. The predicted molar refractivity (Wildman–Crippen MR) is 96.1 cm³/mol. The molecule has 5 nitrogen and oxygen atoms in total. The Hall–Kier alpha value is -1.98. The molecule has 1 atom stereocenters. The molecule has 1 N–H and O–H groups in total. The van der Waals surface area contributed by atoms with E-state index in [-0.39, 0.29) is 5.56 Å². The Bertz CT molecular complexity index is 724. The van der Waals surface area contributed by atoms with E-state index in [1.54, 1.807) is 12.3 Å². The lowest BCUT2D eigenvalue weighted by Crippen LogP contribution is -2.37. The van der Waals surface area contributed by atoms with Crippen LogP contribution in [0, 0.1) is 0 Å². The van der Waals surface area contributed by atoms with Crippen LogP contribution >= 0.6 is 0 Å². The van der Waals surface area contributed by atoms with E-state index in [0.29, 0.717) is 6.04 Å². The van der Waals surface area contributed by atoms with Gasteiger partial charge in [0.2, 0.25) is 0 Å². The van der Waals surface area contributed by atoms with Crippen LogP contribution < -0.4 is 10.9 Å². The molecule has 24 heavy (non-hydrogen) atoms. The van der Waals surface area contributed by atoms with Crippen LogP contribution in [0.4, 0.5) is 0 Å². The van der Waals surface area contributed by atoms with Gasteiger partial charge in [-0.25, -0.2) is 0 Å². The van der Waals surface area contributed by atoms with Crippen molar-refractivity contribution in [2.75, 3.05) is 20.6 Å². The lowest BCUT2D eigenvalue weighted by molar-refractivity contribution is 0.370. The van der Waals surface area contributed by atoms with Crippen LogP contribution in [0.5, 0.6) is 0 Å². The van der Waals surface area contributed by atoms with Gasteiger partial charge >= 0.3 is 0 Å². The zero-order valence-electron chi connectivity index (χ0n) is 14.5. The molecule has 0 aliphatic heterocycles. The molecule has 0 amide bonds. The first-order chi connectivity index (χ1) is 11.6. The van der Waals surface area contributed by atoms with Crippen LogP contribution in [0.25, 0.3) is 0 Å². The van der Waals surface area contributed by atoms with Crippen LogP contribution in [-0.4, -0.2) is 41.1 Å². The minimum absolute atomic E-state index is 0.123. The third kappa shape index (κ3) is 4.10. The molecule has 2 aromatic rings. The van der Waals surface area contributed by atoms with Gasteiger partial charge in [-0.2, -0.15) is 0 Å². The number of likely N-dealkylation sites (N-methyl/N-ethyl adjacent to an activating group) is 1. The lowest BCUT2D eigenvalue weighted by Gasteiger charge is -2.28. The Morgan fingerprint density at radius 3 is 2.96 bits per heavy atom. The summed E-state index contributed by atoms with van der Waals surface area (Å²) in [5.41, 5.74) is 3.86. The first-order valence-electron chi connectivity index (χ1n) is 8.62. The molecule has 0 bridgehead atoms. The average Bonchev–Trinajstić information content (AvgIpc) is 2.60. The van der Waals surface area contributed by atoms with Crippen molar-refractivity contribution in [2.45, 2.75) is 38.4 Å². The molecule has 0 fully saturated rings. The van der Waals surface area contributed by atoms with Crippen LogP contribution in [-0.2, 0) is 25.9 Å². The van der Waals surface area contributed by atoms with Crippen molar-refractivity contribution in [1.82, 2.24) is 19.8 Å². The fourth-order valence-electron chi connectivity index (χ4n) is 3.31. The molecule has 0 spiro atoms. The van der Waals surface area contributed by atoms with Gasteiger partial charge in [-0.05, 0) is 50.6 Å². The van der Waals surface area contributed by atoms with E-state index >= 15 is 0 Å². The van der Waals surface area contributed by atoms with Crippen LogP contribution in [0.15, 0.2) is 41.5 Å². The molecule has 0 aromatic carbocycles. The quantitative estimate of drug-likeness (QED) is 0.873. The first-order valence-corrected chi connectivity index (χ1v) is 8.62. The number of hydrogen-bond acceptors (Lipinski definition) is 4. The van der Waals surface area contributed by atoms with E-state index in [4.69, 9.17) is 0 Å². The third-order valence-electron chi connectivity index (χ3n) is 4.67. The van der Waals surface area contributed by atoms with E-state index in [0.717, 1.165) is 38.9 Å². The van der Waals surface area contributed by atoms with Crippen molar-refractivity contribution in [3.8, 4) is 0 Å². The molecule has 0 saturated heterocycles. The highest BCUT2D eigenvalue weighted by molar-refractivity contribution is 5.25. The maximum absolute atomic E-state index is 12.2. The highest BCUT2D eigenvalue weighted by Crippen LogP contribution is 2.20. The number of nitrogens with zero attached hydrogens (tertiary/aromatic N) is 3. The standard InChI is InChI=1S/C19H26N4O/c1-22(2)10-11-23-18-7-6-17(12-16(18)5-8-19(23)24)21-14-15-4-3-9-20-13-15/h3-5,8-9,13,17,21H,6-7,10-12,14H2,1-2H3/t17-/m0/s1. The number of hydrogen-bond donors (Lipinski definition) is 1. The summed E-state index contributed by atoms with van der Waals surface area (Å²) >= 11 is 0. The largest absolute Gasteiger partial charge is 0.311 e.